The third-order valence-electron chi connectivity index (χ3n) is 3.89. The highest BCUT2D eigenvalue weighted by Crippen LogP contribution is 2.16. The molecule has 0 radical (unpaired) electrons. The molecule has 1 aliphatic heterocycles. The van der Waals surface area contributed by atoms with Gasteiger partial charge < -0.3 is 19.7 Å². The Labute approximate surface area is 147 Å². The van der Waals surface area contributed by atoms with E-state index in [0.717, 1.165) is 11.3 Å². The maximum Gasteiger partial charge on any atom is 0.347 e. The Morgan fingerprint density at radius 1 is 1.08 bits per heavy atom. The fourth-order valence-corrected chi connectivity index (χ4v) is 2.60. The second-order valence-electron chi connectivity index (χ2n) is 5.56. The van der Waals surface area contributed by atoms with E-state index in [-0.39, 0.29) is 0 Å². The summed E-state index contributed by atoms with van der Waals surface area (Å²) in [7, 11) is 1.60. The van der Waals surface area contributed by atoms with Crippen molar-refractivity contribution in [2.24, 2.45) is 4.99 Å². The minimum Gasteiger partial charge on any atom is -0.497 e. The van der Waals surface area contributed by atoms with Gasteiger partial charge in [-0.25, -0.2) is 4.79 Å². The third-order valence-corrected chi connectivity index (χ3v) is 3.89. The molecule has 1 saturated heterocycles. The van der Waals surface area contributed by atoms with Crippen molar-refractivity contribution in [3.8, 4) is 5.75 Å². The highest BCUT2D eigenvalue weighted by molar-refractivity contribution is 6.07. The first-order valence-electron chi connectivity index (χ1n) is 8.18. The molecule has 0 spiro atoms. The lowest BCUT2D eigenvalue weighted by molar-refractivity contribution is 0.0682. The van der Waals surface area contributed by atoms with Crippen molar-refractivity contribution < 1.29 is 14.3 Å². The van der Waals surface area contributed by atoms with Gasteiger partial charge in [-0.05, 0) is 24.3 Å². The number of carbonyl (C=O) groups is 1. The quantitative estimate of drug-likeness (QED) is 0.690. The fraction of sp³-hybridized carbons (Fsp3) is 0.263. The zero-order valence-electron chi connectivity index (χ0n) is 14.1. The Kier molecular flexibility index (Phi) is 5.64. The lowest BCUT2D eigenvalue weighted by Crippen LogP contribution is -2.41. The molecule has 2 aromatic rings. The van der Waals surface area contributed by atoms with E-state index in [1.807, 2.05) is 30.3 Å². The number of hydrogen-bond donors (Lipinski definition) is 1. The van der Waals surface area contributed by atoms with Crippen LogP contribution in [0, 0.1) is 0 Å². The van der Waals surface area contributed by atoms with E-state index < -0.39 is 6.03 Å². The second-order valence-corrected chi connectivity index (χ2v) is 5.56. The highest BCUT2D eigenvalue weighted by atomic mass is 16.5. The SMILES string of the molecule is COc1ccc(NC(=O)N=C(c2ccccc2)N2CCOCC2)cc1. The predicted octanol–water partition coefficient (Wildman–Crippen LogP) is 3.01. The maximum atomic E-state index is 12.4. The van der Waals surface area contributed by atoms with Gasteiger partial charge in [0, 0.05) is 24.3 Å². The van der Waals surface area contributed by atoms with E-state index in [9.17, 15) is 4.79 Å². The molecule has 0 saturated carbocycles. The van der Waals surface area contributed by atoms with Gasteiger partial charge in [0.2, 0.25) is 0 Å². The number of nitrogens with zero attached hydrogens (tertiary/aromatic N) is 2. The number of carbonyl (C=O) groups excluding carboxylic acids is 1. The molecule has 6 nitrogen and oxygen atoms in total. The molecule has 2 aromatic carbocycles. The molecule has 1 aliphatic rings. The number of rotatable bonds is 3. The number of benzene rings is 2. The zero-order valence-corrected chi connectivity index (χ0v) is 14.1. The number of amides is 2. The minimum atomic E-state index is -0.407. The third kappa shape index (κ3) is 4.58. The number of methoxy groups -OCH3 is 1. The Bertz CT molecular complexity index is 723. The first-order valence-corrected chi connectivity index (χ1v) is 8.18. The van der Waals surface area contributed by atoms with Crippen molar-refractivity contribution in [1.29, 1.82) is 0 Å². The van der Waals surface area contributed by atoms with Crippen LogP contribution in [0.25, 0.3) is 0 Å². The van der Waals surface area contributed by atoms with Crippen LogP contribution in [0.15, 0.2) is 59.6 Å². The lowest BCUT2D eigenvalue weighted by Gasteiger charge is -2.29. The number of hydrogen-bond acceptors (Lipinski definition) is 3. The van der Waals surface area contributed by atoms with Crippen LogP contribution < -0.4 is 10.1 Å². The molecule has 0 bridgehead atoms. The van der Waals surface area contributed by atoms with Gasteiger partial charge in [0.15, 0.2) is 0 Å². The van der Waals surface area contributed by atoms with E-state index in [2.05, 4.69) is 15.2 Å². The number of amidine groups is 1. The lowest BCUT2D eigenvalue weighted by atomic mass is 10.2. The number of morpholine rings is 1. The van der Waals surface area contributed by atoms with Crippen LogP contribution in [0.2, 0.25) is 0 Å². The topological polar surface area (TPSA) is 63.2 Å². The van der Waals surface area contributed by atoms with Crippen LogP contribution in [0.4, 0.5) is 10.5 Å². The summed E-state index contributed by atoms with van der Waals surface area (Å²) >= 11 is 0. The Balaban J connectivity index is 1.79. The molecular formula is C19H21N3O3. The smallest absolute Gasteiger partial charge is 0.347 e. The summed E-state index contributed by atoms with van der Waals surface area (Å²) in [5.74, 6) is 1.40. The van der Waals surface area contributed by atoms with Gasteiger partial charge in [-0.15, -0.1) is 0 Å². The van der Waals surface area contributed by atoms with Crippen LogP contribution in [0.3, 0.4) is 0 Å². The largest absolute Gasteiger partial charge is 0.497 e. The number of anilines is 1. The number of nitrogens with one attached hydrogen (secondary N) is 1. The van der Waals surface area contributed by atoms with Crippen LogP contribution in [-0.2, 0) is 4.74 Å². The van der Waals surface area contributed by atoms with Crippen LogP contribution >= 0.6 is 0 Å². The average Bonchev–Trinajstić information content (AvgIpc) is 2.68. The molecule has 2 amide bonds. The Hall–Kier alpha value is -2.86. The summed E-state index contributed by atoms with van der Waals surface area (Å²) in [6.45, 7) is 2.69. The maximum absolute atomic E-state index is 12.4. The molecular weight excluding hydrogens is 318 g/mol. The summed E-state index contributed by atoms with van der Waals surface area (Å²) in [5.41, 5.74) is 1.58. The van der Waals surface area contributed by atoms with Crippen molar-refractivity contribution in [2.45, 2.75) is 0 Å². The van der Waals surface area contributed by atoms with Crippen LogP contribution in [0.1, 0.15) is 5.56 Å². The van der Waals surface area contributed by atoms with Gasteiger partial charge in [-0.3, -0.25) is 0 Å². The second kappa shape index (κ2) is 8.30. The molecule has 25 heavy (non-hydrogen) atoms. The summed E-state index contributed by atoms with van der Waals surface area (Å²) in [5, 5.41) is 2.79. The van der Waals surface area contributed by atoms with E-state index in [1.165, 1.54) is 0 Å². The molecule has 1 N–H and O–H groups in total. The molecule has 3 rings (SSSR count). The number of urea groups is 1. The normalized spacial score (nSPS) is 14.9. The molecule has 0 atom stereocenters. The summed E-state index contributed by atoms with van der Waals surface area (Å²) in [6, 6.07) is 16.5. The first kappa shape index (κ1) is 17.0. The Morgan fingerprint density at radius 2 is 1.76 bits per heavy atom. The number of aliphatic imine (C=N–C) groups is 1. The Morgan fingerprint density at radius 3 is 2.40 bits per heavy atom. The van der Waals surface area contributed by atoms with Crippen molar-refractivity contribution in [2.75, 3.05) is 38.7 Å². The van der Waals surface area contributed by atoms with Gasteiger partial charge in [0.05, 0.1) is 20.3 Å². The molecule has 1 heterocycles. The van der Waals surface area contributed by atoms with Crippen LogP contribution in [-0.4, -0.2) is 50.2 Å². The monoisotopic (exact) mass is 339 g/mol. The van der Waals surface area contributed by atoms with E-state index in [0.29, 0.717) is 37.8 Å². The highest BCUT2D eigenvalue weighted by Gasteiger charge is 2.18. The van der Waals surface area contributed by atoms with Gasteiger partial charge >= 0.3 is 6.03 Å². The summed E-state index contributed by atoms with van der Waals surface area (Å²) in [6.07, 6.45) is 0. The average molecular weight is 339 g/mol. The molecule has 6 heteroatoms. The van der Waals surface area contributed by atoms with Gasteiger partial charge in [0.1, 0.15) is 11.6 Å². The first-order chi connectivity index (χ1) is 12.3. The molecule has 0 aromatic heterocycles. The minimum absolute atomic E-state index is 0.407. The van der Waals surface area contributed by atoms with E-state index in [1.54, 1.807) is 31.4 Å². The summed E-state index contributed by atoms with van der Waals surface area (Å²) < 4.78 is 10.5. The number of ether oxygens (including phenoxy) is 2. The predicted molar refractivity (Wildman–Crippen MR) is 97.4 cm³/mol. The standard InChI is InChI=1S/C19H21N3O3/c1-24-17-9-7-16(8-10-17)20-19(23)21-18(15-5-3-2-4-6-15)22-11-13-25-14-12-22/h2-10H,11-14H2,1H3,(H,20,23). The van der Waals surface area contributed by atoms with Gasteiger partial charge in [0.25, 0.3) is 0 Å². The molecule has 0 unspecified atom stereocenters. The van der Waals surface area contributed by atoms with Gasteiger partial charge in [-0.2, -0.15) is 4.99 Å². The molecule has 1 fully saturated rings. The van der Waals surface area contributed by atoms with Gasteiger partial charge in [-0.1, -0.05) is 30.3 Å². The van der Waals surface area contributed by atoms with Crippen molar-refractivity contribution in [1.82, 2.24) is 4.90 Å². The van der Waals surface area contributed by atoms with E-state index in [4.69, 9.17) is 9.47 Å². The van der Waals surface area contributed by atoms with Crippen molar-refractivity contribution >= 4 is 17.6 Å². The summed E-state index contributed by atoms with van der Waals surface area (Å²) in [4.78, 5) is 18.8. The zero-order chi connectivity index (χ0) is 17.5. The van der Waals surface area contributed by atoms with Crippen molar-refractivity contribution in [3.05, 3.63) is 60.2 Å². The molecule has 0 aliphatic carbocycles. The van der Waals surface area contributed by atoms with Crippen molar-refractivity contribution in [3.63, 3.8) is 0 Å². The fourth-order valence-electron chi connectivity index (χ4n) is 2.60. The molecule has 130 valence electrons. The van der Waals surface area contributed by atoms with Crippen LogP contribution in [0.5, 0.6) is 5.75 Å². The van der Waals surface area contributed by atoms with E-state index >= 15 is 0 Å².